The maximum absolute atomic E-state index is 11.2. The quantitative estimate of drug-likeness (QED) is 0.217. The second-order valence-electron chi connectivity index (χ2n) is 9.56. The molecule has 196 valence electrons. The van der Waals surface area contributed by atoms with Gasteiger partial charge in [0.25, 0.3) is 0 Å². The minimum atomic E-state index is -0.434. The molecule has 0 spiro atoms. The Balaban J connectivity index is 1.52. The van der Waals surface area contributed by atoms with Crippen molar-refractivity contribution in [3.05, 3.63) is 123 Å². The van der Waals surface area contributed by atoms with Crippen LogP contribution in [0.15, 0.2) is 112 Å². The molecule has 0 bridgehead atoms. The van der Waals surface area contributed by atoms with Crippen molar-refractivity contribution in [3.8, 4) is 11.4 Å². The maximum atomic E-state index is 11.2. The Morgan fingerprint density at radius 3 is 2.45 bits per heavy atom. The molecule has 3 heterocycles. The Kier molecular flexibility index (Phi) is 5.95. The SMILES string of the molecule is Cc1nn(-c2ccccc2)c2c1C(c1cc(Br)ccc1O)N1C(=N2)C(Nc2ccc(Cl)cc2)=Nc2ccccc21. The summed E-state index contributed by atoms with van der Waals surface area (Å²) in [5.41, 5.74) is 5.83. The molecule has 0 saturated carbocycles. The lowest BCUT2D eigenvalue weighted by molar-refractivity contribution is 0.465. The molecular weight excluding hydrogens is 588 g/mol. The summed E-state index contributed by atoms with van der Waals surface area (Å²) < 4.78 is 2.72. The fraction of sp³-hybridized carbons (Fsp3) is 0.0645. The van der Waals surface area contributed by atoms with E-state index in [0.717, 1.165) is 44.0 Å². The van der Waals surface area contributed by atoms with Crippen LogP contribution in [0.3, 0.4) is 0 Å². The van der Waals surface area contributed by atoms with Gasteiger partial charge >= 0.3 is 0 Å². The third kappa shape index (κ3) is 4.08. The largest absolute Gasteiger partial charge is 0.508 e. The second-order valence-corrected chi connectivity index (χ2v) is 10.9. The van der Waals surface area contributed by atoms with Gasteiger partial charge < -0.3 is 15.3 Å². The standard InChI is InChI=1S/C31H22BrClN6O/c1-18-27-28(23-17-19(32)11-16-26(23)40)38-25-10-6-5-9-24(25)35-29(34-21-14-12-20(33)13-15-21)31(38)36-30(27)39(37-18)22-7-3-2-4-8-22/h2-17,28,40H,1H3,(H,34,35). The Labute approximate surface area is 244 Å². The number of benzene rings is 4. The number of rotatable bonds is 3. The molecule has 1 aromatic heterocycles. The summed E-state index contributed by atoms with van der Waals surface area (Å²) in [7, 11) is 0. The van der Waals surface area contributed by atoms with E-state index in [-0.39, 0.29) is 5.75 Å². The first kappa shape index (κ1) is 24.6. The van der Waals surface area contributed by atoms with Crippen LogP contribution in [-0.2, 0) is 0 Å². The number of aliphatic imine (C=N–C) groups is 2. The van der Waals surface area contributed by atoms with E-state index in [9.17, 15) is 5.11 Å². The number of phenols is 1. The Bertz CT molecular complexity index is 1830. The number of amidine groups is 2. The first-order chi connectivity index (χ1) is 19.5. The number of nitrogens with zero attached hydrogens (tertiary/aromatic N) is 5. The van der Waals surface area contributed by atoms with Gasteiger partial charge in [-0.1, -0.05) is 57.9 Å². The number of nitrogens with one attached hydrogen (secondary N) is 1. The molecule has 1 unspecified atom stereocenters. The van der Waals surface area contributed by atoms with Crippen molar-refractivity contribution in [3.63, 3.8) is 0 Å². The minimum Gasteiger partial charge on any atom is -0.508 e. The van der Waals surface area contributed by atoms with E-state index in [2.05, 4.69) is 26.1 Å². The highest BCUT2D eigenvalue weighted by Gasteiger charge is 2.42. The van der Waals surface area contributed by atoms with Gasteiger partial charge in [-0.15, -0.1) is 0 Å². The lowest BCUT2D eigenvalue weighted by Crippen LogP contribution is -2.46. The van der Waals surface area contributed by atoms with E-state index >= 15 is 0 Å². The number of hydrogen-bond acceptors (Lipinski definition) is 6. The van der Waals surface area contributed by atoms with Gasteiger partial charge in [0.05, 0.1) is 28.8 Å². The van der Waals surface area contributed by atoms with Gasteiger partial charge in [0.15, 0.2) is 17.5 Å². The molecule has 0 amide bonds. The highest BCUT2D eigenvalue weighted by atomic mass is 79.9. The number of aromatic hydroxyl groups is 1. The molecule has 1 atom stereocenters. The Hall–Kier alpha value is -4.40. The van der Waals surface area contributed by atoms with Crippen LogP contribution >= 0.6 is 27.5 Å². The monoisotopic (exact) mass is 608 g/mol. The smallest absolute Gasteiger partial charge is 0.179 e. The van der Waals surface area contributed by atoms with Gasteiger partial charge in [0.1, 0.15) is 5.75 Å². The lowest BCUT2D eigenvalue weighted by Gasteiger charge is -2.40. The fourth-order valence-corrected chi connectivity index (χ4v) is 5.76. The first-order valence-electron chi connectivity index (χ1n) is 12.7. The van der Waals surface area contributed by atoms with E-state index in [0.29, 0.717) is 22.5 Å². The molecule has 2 N–H and O–H groups in total. The average molecular weight is 610 g/mol. The predicted molar refractivity (Wildman–Crippen MR) is 164 cm³/mol. The van der Waals surface area contributed by atoms with Crippen molar-refractivity contribution >= 4 is 62.1 Å². The molecule has 7 nitrogen and oxygen atoms in total. The van der Waals surface area contributed by atoms with Crippen LogP contribution in [0, 0.1) is 6.92 Å². The van der Waals surface area contributed by atoms with Crippen LogP contribution in [0.1, 0.15) is 22.9 Å². The number of aryl methyl sites for hydroxylation is 1. The summed E-state index contributed by atoms with van der Waals surface area (Å²) in [6.45, 7) is 1.98. The number of para-hydroxylation sites is 3. The van der Waals surface area contributed by atoms with Crippen LogP contribution in [0.5, 0.6) is 5.75 Å². The zero-order valence-corrected chi connectivity index (χ0v) is 23.6. The summed E-state index contributed by atoms with van der Waals surface area (Å²) in [6, 6.07) is 30.4. The summed E-state index contributed by atoms with van der Waals surface area (Å²) in [5, 5.41) is 20.3. The molecule has 40 heavy (non-hydrogen) atoms. The van der Waals surface area contributed by atoms with Gasteiger partial charge in [0.2, 0.25) is 0 Å². The van der Waals surface area contributed by atoms with Crippen molar-refractivity contribution in [2.45, 2.75) is 13.0 Å². The number of phenolic OH excluding ortho intramolecular Hbond substituents is 1. The van der Waals surface area contributed by atoms with E-state index in [1.807, 2.05) is 103 Å². The number of anilines is 2. The van der Waals surface area contributed by atoms with Crippen LogP contribution in [-0.4, -0.2) is 26.6 Å². The van der Waals surface area contributed by atoms with Crippen molar-refractivity contribution in [1.82, 2.24) is 9.78 Å². The summed E-state index contributed by atoms with van der Waals surface area (Å²) in [6.07, 6.45) is 0. The van der Waals surface area contributed by atoms with E-state index in [4.69, 9.17) is 26.7 Å². The molecule has 4 aromatic carbocycles. The molecule has 9 heteroatoms. The number of aromatic nitrogens is 2. The average Bonchev–Trinajstić information content (AvgIpc) is 3.31. The molecule has 0 radical (unpaired) electrons. The third-order valence-corrected chi connectivity index (χ3v) is 7.78. The van der Waals surface area contributed by atoms with Crippen molar-refractivity contribution in [1.29, 1.82) is 0 Å². The number of halogens is 2. The zero-order valence-electron chi connectivity index (χ0n) is 21.3. The van der Waals surface area contributed by atoms with Gasteiger partial charge in [-0.05, 0) is 73.7 Å². The third-order valence-electron chi connectivity index (χ3n) is 7.03. The maximum Gasteiger partial charge on any atom is 0.179 e. The molecule has 5 aromatic rings. The highest BCUT2D eigenvalue weighted by molar-refractivity contribution is 9.10. The first-order valence-corrected chi connectivity index (χ1v) is 13.9. The van der Waals surface area contributed by atoms with E-state index in [1.165, 1.54) is 0 Å². The lowest BCUT2D eigenvalue weighted by atomic mass is 9.92. The number of hydrogen-bond donors (Lipinski definition) is 2. The molecule has 0 saturated heterocycles. The minimum absolute atomic E-state index is 0.180. The molecule has 0 aliphatic carbocycles. The van der Waals surface area contributed by atoms with Crippen LogP contribution in [0.2, 0.25) is 5.02 Å². The molecular formula is C31H22BrClN6O. The molecule has 7 rings (SSSR count). The van der Waals surface area contributed by atoms with Crippen LogP contribution < -0.4 is 10.2 Å². The Morgan fingerprint density at radius 1 is 0.900 bits per heavy atom. The second kappa shape index (κ2) is 9.66. The van der Waals surface area contributed by atoms with E-state index < -0.39 is 6.04 Å². The van der Waals surface area contributed by atoms with Crippen molar-refractivity contribution in [2.24, 2.45) is 9.98 Å². The van der Waals surface area contributed by atoms with Gasteiger partial charge in [0, 0.05) is 26.3 Å². The zero-order chi connectivity index (χ0) is 27.4. The van der Waals surface area contributed by atoms with Crippen LogP contribution in [0.25, 0.3) is 5.69 Å². The normalized spacial score (nSPS) is 15.5. The number of fused-ring (bicyclic) bond motifs is 4. The highest BCUT2D eigenvalue weighted by Crippen LogP contribution is 2.50. The summed E-state index contributed by atoms with van der Waals surface area (Å²) in [4.78, 5) is 12.3. The summed E-state index contributed by atoms with van der Waals surface area (Å²) >= 11 is 9.77. The topological polar surface area (TPSA) is 78.0 Å². The molecule has 0 fully saturated rings. The van der Waals surface area contributed by atoms with Crippen LogP contribution in [0.4, 0.5) is 22.9 Å². The fourth-order valence-electron chi connectivity index (χ4n) is 5.26. The van der Waals surface area contributed by atoms with Crippen molar-refractivity contribution < 1.29 is 5.11 Å². The predicted octanol–water partition coefficient (Wildman–Crippen LogP) is 8.10. The summed E-state index contributed by atoms with van der Waals surface area (Å²) in [5.74, 6) is 2.05. The van der Waals surface area contributed by atoms with Gasteiger partial charge in [-0.2, -0.15) is 5.10 Å². The van der Waals surface area contributed by atoms with Gasteiger partial charge in [-0.3, -0.25) is 0 Å². The van der Waals surface area contributed by atoms with Gasteiger partial charge in [-0.25, -0.2) is 14.7 Å². The molecule has 2 aliphatic rings. The van der Waals surface area contributed by atoms with E-state index in [1.54, 1.807) is 6.07 Å². The van der Waals surface area contributed by atoms with Crippen molar-refractivity contribution in [2.75, 3.05) is 10.2 Å². The molecule has 2 aliphatic heterocycles. The Morgan fingerprint density at radius 2 is 1.65 bits per heavy atom.